The Morgan fingerprint density at radius 3 is 0.704 bits per heavy atom. The molecule has 0 N–H and O–H groups in total. The molecule has 5 aromatic carbocycles. The van der Waals surface area contributed by atoms with Crippen molar-refractivity contribution in [2.45, 2.75) is 89.9 Å². The summed E-state index contributed by atoms with van der Waals surface area (Å²) in [6.07, 6.45) is 8.15. The van der Waals surface area contributed by atoms with Gasteiger partial charge in [0.05, 0.1) is 57.8 Å². The number of nitrogens with zero attached hydrogens (tertiary/aromatic N) is 6. The Balaban J connectivity index is 0.000000345. The molecule has 6 aliphatic rings. The Bertz CT molecular complexity index is 2030. The summed E-state index contributed by atoms with van der Waals surface area (Å²) in [6, 6.07) is 43.4. The van der Waals surface area contributed by atoms with Crippen LogP contribution in [0.3, 0.4) is 0 Å². The van der Waals surface area contributed by atoms with E-state index < -0.39 is 0 Å². The van der Waals surface area contributed by atoms with Gasteiger partial charge in [0.15, 0.2) is 0 Å². The van der Waals surface area contributed by atoms with Gasteiger partial charge in [-0.1, -0.05) is 163 Å². The number of benzene rings is 5. The quantitative estimate of drug-likeness (QED) is 0.172. The standard InChI is InChI=1S/C38H24N6.2C5H12/c1-2-10-24-23(9-1)31-25-11-3-4-12-26(25)32(24)36-35(31)39-43(40-36)21-17-19-22(20-18-21)44-41-37-33-27-13-5-6-14-28(27)34(38(37)42-44)30-16-8-7-15-29(30)33;2*1-3-5-4-2/h1-20,31-34H;2*3-5H2,1-2H3. The van der Waals surface area contributed by atoms with Crippen molar-refractivity contribution < 1.29 is 0 Å². The van der Waals surface area contributed by atoms with Crippen LogP contribution in [0.2, 0.25) is 0 Å². The van der Waals surface area contributed by atoms with Crippen LogP contribution in [0.25, 0.3) is 11.4 Å². The van der Waals surface area contributed by atoms with Crippen molar-refractivity contribution in [3.05, 3.63) is 189 Å². The third-order valence-corrected chi connectivity index (χ3v) is 11.6. The minimum absolute atomic E-state index is 0.110. The zero-order valence-electron chi connectivity index (χ0n) is 31.8. The number of aromatic nitrogens is 6. The molecule has 0 radical (unpaired) electrons. The van der Waals surface area contributed by atoms with E-state index >= 15 is 0 Å². The number of hydrogen-bond acceptors (Lipinski definition) is 4. The average Bonchev–Trinajstić information content (AvgIpc) is 3.89. The molecule has 0 unspecified atom stereocenters. The molecular formula is C48H48N6. The molecule has 0 aliphatic heterocycles. The van der Waals surface area contributed by atoms with E-state index in [9.17, 15) is 0 Å². The van der Waals surface area contributed by atoms with Gasteiger partial charge >= 0.3 is 0 Å². The first-order chi connectivity index (χ1) is 26.7. The molecule has 2 aromatic heterocycles. The Kier molecular flexibility index (Phi) is 9.06. The second-order valence-corrected chi connectivity index (χ2v) is 15.0. The fraction of sp³-hybridized carbons (Fsp3) is 0.292. The Labute approximate surface area is 318 Å². The summed E-state index contributed by atoms with van der Waals surface area (Å²) in [5, 5.41) is 20.4. The van der Waals surface area contributed by atoms with Gasteiger partial charge in [0, 0.05) is 0 Å². The fourth-order valence-electron chi connectivity index (χ4n) is 9.13. The number of hydrogen-bond donors (Lipinski definition) is 0. The highest BCUT2D eigenvalue weighted by molar-refractivity contribution is 5.66. The second kappa shape index (κ2) is 14.3. The molecule has 0 fully saturated rings. The molecular weight excluding hydrogens is 661 g/mol. The molecule has 0 saturated carbocycles. The van der Waals surface area contributed by atoms with Gasteiger partial charge in [0.2, 0.25) is 0 Å². The molecule has 6 heteroatoms. The minimum atomic E-state index is 0.110. The van der Waals surface area contributed by atoms with Gasteiger partial charge in [-0.15, -0.1) is 0 Å². The van der Waals surface area contributed by atoms with Crippen LogP contribution in [0.15, 0.2) is 121 Å². The molecule has 6 nitrogen and oxygen atoms in total. The van der Waals surface area contributed by atoms with Crippen molar-refractivity contribution in [3.63, 3.8) is 0 Å². The Morgan fingerprint density at radius 2 is 0.537 bits per heavy atom. The molecule has 4 bridgehead atoms. The molecule has 0 atom stereocenters. The summed E-state index contributed by atoms with van der Waals surface area (Å²) in [6.45, 7) is 8.85. The number of rotatable bonds is 6. The smallest absolute Gasteiger partial charge is 0.0992 e. The fourth-order valence-corrected chi connectivity index (χ4v) is 9.13. The van der Waals surface area contributed by atoms with Crippen LogP contribution in [-0.2, 0) is 0 Å². The highest BCUT2D eigenvalue weighted by Gasteiger charge is 2.46. The van der Waals surface area contributed by atoms with Crippen LogP contribution >= 0.6 is 0 Å². The van der Waals surface area contributed by atoms with E-state index in [4.69, 9.17) is 20.4 Å². The topological polar surface area (TPSA) is 61.4 Å². The van der Waals surface area contributed by atoms with Crippen LogP contribution in [0.4, 0.5) is 0 Å². The van der Waals surface area contributed by atoms with Crippen molar-refractivity contribution >= 4 is 0 Å². The molecule has 54 heavy (non-hydrogen) atoms. The van der Waals surface area contributed by atoms with Crippen molar-refractivity contribution in [3.8, 4) is 11.4 Å². The zero-order valence-corrected chi connectivity index (χ0v) is 31.8. The second-order valence-electron chi connectivity index (χ2n) is 15.0. The van der Waals surface area contributed by atoms with Gasteiger partial charge < -0.3 is 0 Å². The SMILES string of the molecule is CCCCC.CCCCC.c1ccc2c(c1)C1c3ccccc3C2c2nn(-c3ccc(-n4nc5c(n4)C4c6ccccc6C5c5ccccc54)cc3)nc21. The maximum Gasteiger partial charge on any atom is 0.0992 e. The predicted molar refractivity (Wildman–Crippen MR) is 216 cm³/mol. The van der Waals surface area contributed by atoms with Crippen LogP contribution < -0.4 is 0 Å². The van der Waals surface area contributed by atoms with Crippen LogP contribution in [0, 0.1) is 0 Å². The van der Waals surface area contributed by atoms with Crippen molar-refractivity contribution in [2.75, 3.05) is 0 Å². The zero-order chi connectivity index (χ0) is 36.8. The van der Waals surface area contributed by atoms with Crippen molar-refractivity contribution in [1.29, 1.82) is 0 Å². The highest BCUT2D eigenvalue weighted by atomic mass is 15.5. The first-order valence-electron chi connectivity index (χ1n) is 20.1. The third kappa shape index (κ3) is 5.45. The van der Waals surface area contributed by atoms with E-state index in [0.717, 1.165) is 34.2 Å². The van der Waals surface area contributed by atoms with Gasteiger partial charge in [0.1, 0.15) is 0 Å². The molecule has 7 aromatic rings. The summed E-state index contributed by atoms with van der Waals surface area (Å²) >= 11 is 0. The van der Waals surface area contributed by atoms with E-state index in [1.807, 2.05) is 0 Å². The largest absolute Gasteiger partial charge is 0.152 e. The molecule has 270 valence electrons. The summed E-state index contributed by atoms with van der Waals surface area (Å²) in [7, 11) is 0. The van der Waals surface area contributed by atoms with Crippen molar-refractivity contribution in [2.24, 2.45) is 0 Å². The molecule has 0 amide bonds. The minimum Gasteiger partial charge on any atom is -0.152 e. The van der Waals surface area contributed by atoms with E-state index in [-0.39, 0.29) is 23.7 Å². The Hall–Kier alpha value is -5.62. The van der Waals surface area contributed by atoms with Crippen LogP contribution in [-0.4, -0.2) is 30.0 Å². The molecule has 0 saturated heterocycles. The van der Waals surface area contributed by atoms with E-state index in [0.29, 0.717) is 0 Å². The molecule has 6 aliphatic carbocycles. The molecule has 2 heterocycles. The van der Waals surface area contributed by atoms with Gasteiger partial charge in [0.25, 0.3) is 0 Å². The maximum absolute atomic E-state index is 5.10. The molecule has 0 spiro atoms. The average molecular weight is 709 g/mol. The lowest BCUT2D eigenvalue weighted by atomic mass is 9.64. The lowest BCUT2D eigenvalue weighted by Gasteiger charge is -2.38. The third-order valence-electron chi connectivity index (χ3n) is 11.6. The lowest BCUT2D eigenvalue weighted by molar-refractivity contribution is 0.722. The monoisotopic (exact) mass is 708 g/mol. The summed E-state index contributed by atoms with van der Waals surface area (Å²) in [5.74, 6) is 0.439. The maximum atomic E-state index is 5.10. The van der Waals surface area contributed by atoms with Crippen LogP contribution in [0.5, 0.6) is 0 Å². The van der Waals surface area contributed by atoms with Gasteiger partial charge in [-0.05, 0) is 68.8 Å². The predicted octanol–water partition coefficient (Wildman–Crippen LogP) is 11.2. The number of unbranched alkanes of at least 4 members (excludes halogenated alkanes) is 4. The van der Waals surface area contributed by atoms with E-state index in [2.05, 4.69) is 149 Å². The first kappa shape index (κ1) is 34.2. The van der Waals surface area contributed by atoms with Crippen LogP contribution in [0.1, 0.15) is 157 Å². The lowest BCUT2D eigenvalue weighted by Crippen LogP contribution is -2.27. The summed E-state index contributed by atoms with van der Waals surface area (Å²) < 4.78 is 0. The van der Waals surface area contributed by atoms with Gasteiger partial charge in [-0.25, -0.2) is 0 Å². The summed E-state index contributed by atoms with van der Waals surface area (Å²) in [5.41, 5.74) is 16.9. The summed E-state index contributed by atoms with van der Waals surface area (Å²) in [4.78, 5) is 3.61. The van der Waals surface area contributed by atoms with Crippen molar-refractivity contribution in [1.82, 2.24) is 30.0 Å². The van der Waals surface area contributed by atoms with Gasteiger partial charge in [-0.3, -0.25) is 0 Å². The van der Waals surface area contributed by atoms with Gasteiger partial charge in [-0.2, -0.15) is 30.0 Å². The highest BCUT2D eigenvalue weighted by Crippen LogP contribution is 2.55. The van der Waals surface area contributed by atoms with E-state index in [1.165, 1.54) is 83.0 Å². The van der Waals surface area contributed by atoms with E-state index in [1.54, 1.807) is 9.59 Å². The molecule has 13 rings (SSSR count). The first-order valence-corrected chi connectivity index (χ1v) is 20.1. The normalized spacial score (nSPS) is 18.4. The Morgan fingerprint density at radius 1 is 0.333 bits per heavy atom.